The van der Waals surface area contributed by atoms with Crippen molar-refractivity contribution >= 4 is 29.4 Å². The van der Waals surface area contributed by atoms with E-state index in [0.717, 1.165) is 0 Å². The molecule has 2 unspecified atom stereocenters. The van der Waals surface area contributed by atoms with Gasteiger partial charge >= 0.3 is 5.97 Å². The average molecular weight is 349 g/mol. The first-order chi connectivity index (χ1) is 11.3. The Labute approximate surface area is 144 Å². The summed E-state index contributed by atoms with van der Waals surface area (Å²) in [6.07, 6.45) is 0.0856. The third-order valence-electron chi connectivity index (χ3n) is 4.38. The van der Waals surface area contributed by atoms with E-state index in [4.69, 9.17) is 4.74 Å². The monoisotopic (exact) mass is 349 g/mol. The van der Waals surface area contributed by atoms with Crippen LogP contribution in [0.3, 0.4) is 0 Å². The number of hydrogen-bond donors (Lipinski definition) is 1. The van der Waals surface area contributed by atoms with Gasteiger partial charge in [0.1, 0.15) is 18.4 Å². The Morgan fingerprint density at radius 3 is 2.58 bits per heavy atom. The molecule has 3 atom stereocenters. The van der Waals surface area contributed by atoms with Crippen molar-refractivity contribution in [2.75, 3.05) is 6.61 Å². The topological polar surface area (TPSA) is 83.9 Å². The summed E-state index contributed by atoms with van der Waals surface area (Å²) in [5.41, 5.74) is 0. The van der Waals surface area contributed by atoms with Gasteiger partial charge in [0.05, 0.1) is 11.3 Å². The van der Waals surface area contributed by atoms with E-state index < -0.39 is 22.7 Å². The highest BCUT2D eigenvalue weighted by molar-refractivity contribution is 8.01. The number of para-hydroxylation sites is 1. The normalized spacial score (nSPS) is 27.3. The zero-order chi connectivity index (χ0) is 17.5. The average Bonchev–Trinajstić information content (AvgIpc) is 2.80. The third-order valence-corrected chi connectivity index (χ3v) is 6.00. The molecule has 128 valence electrons. The Bertz CT molecular complexity index is 675. The molecule has 24 heavy (non-hydrogen) atoms. The van der Waals surface area contributed by atoms with Gasteiger partial charge in [0.2, 0.25) is 5.91 Å². The fraction of sp³-hybridized carbons (Fsp3) is 0.471. The number of Topliss-reactive ketones (excluding diaryl/α,β-unsaturated/α-hetero) is 1. The Morgan fingerprint density at radius 2 is 1.96 bits per heavy atom. The third kappa shape index (κ3) is 2.88. The number of hydrogen-bond acceptors (Lipinski definition) is 5. The predicted octanol–water partition coefficient (Wildman–Crippen LogP) is 1.79. The van der Waals surface area contributed by atoms with Crippen molar-refractivity contribution in [2.45, 2.75) is 36.4 Å². The summed E-state index contributed by atoms with van der Waals surface area (Å²) in [6.45, 7) is 3.55. The van der Waals surface area contributed by atoms with Crippen LogP contribution >= 0.6 is 11.8 Å². The number of thioether (sulfide) groups is 1. The summed E-state index contributed by atoms with van der Waals surface area (Å²) in [5, 5.41) is 9.13. The van der Waals surface area contributed by atoms with Gasteiger partial charge in [0.25, 0.3) is 0 Å². The minimum atomic E-state index is -1.000. The molecular weight excluding hydrogens is 330 g/mol. The van der Waals surface area contributed by atoms with Gasteiger partial charge in [-0.3, -0.25) is 9.59 Å². The maximum absolute atomic E-state index is 12.3. The number of amides is 1. The van der Waals surface area contributed by atoms with Gasteiger partial charge in [-0.2, -0.15) is 0 Å². The molecule has 0 spiro atoms. The molecule has 0 radical (unpaired) electrons. The van der Waals surface area contributed by atoms with Crippen molar-refractivity contribution in [3.63, 3.8) is 0 Å². The number of nitrogens with zero attached hydrogens (tertiary/aromatic N) is 1. The molecule has 0 bridgehead atoms. The number of carbonyl (C=O) groups is 3. The van der Waals surface area contributed by atoms with Crippen molar-refractivity contribution in [3.8, 4) is 5.75 Å². The lowest BCUT2D eigenvalue weighted by Gasteiger charge is -2.43. The first-order valence-electron chi connectivity index (χ1n) is 7.73. The second-order valence-electron chi connectivity index (χ2n) is 6.55. The molecule has 3 rings (SSSR count). The summed E-state index contributed by atoms with van der Waals surface area (Å²) in [6, 6.07) is 8.17. The van der Waals surface area contributed by atoms with Crippen LogP contribution in [-0.4, -0.2) is 50.4 Å². The zero-order valence-corrected chi connectivity index (χ0v) is 14.3. The number of carbonyl (C=O) groups excluding carboxylic acids is 2. The van der Waals surface area contributed by atoms with Crippen molar-refractivity contribution in [3.05, 3.63) is 30.3 Å². The number of β-lactam (4-membered cyclic amide) rings is 1. The molecule has 2 saturated heterocycles. The van der Waals surface area contributed by atoms with Crippen LogP contribution in [0.25, 0.3) is 0 Å². The number of carboxylic acids is 1. The number of fused-ring (bicyclic) bond motifs is 1. The minimum Gasteiger partial charge on any atom is -0.486 e. The lowest BCUT2D eigenvalue weighted by Crippen LogP contribution is -2.63. The molecular formula is C17H19NO5S. The summed E-state index contributed by atoms with van der Waals surface area (Å²) in [5.74, 6) is -1.26. The van der Waals surface area contributed by atoms with Crippen LogP contribution in [0.2, 0.25) is 0 Å². The van der Waals surface area contributed by atoms with Crippen LogP contribution in [-0.2, 0) is 14.4 Å². The fourth-order valence-electron chi connectivity index (χ4n) is 3.26. The van der Waals surface area contributed by atoms with Gasteiger partial charge in [-0.25, -0.2) is 4.79 Å². The molecule has 1 aromatic carbocycles. The van der Waals surface area contributed by atoms with E-state index in [1.165, 1.54) is 16.7 Å². The summed E-state index contributed by atoms with van der Waals surface area (Å²) >= 11 is 1.45. The molecule has 0 aromatic heterocycles. The number of ether oxygens (including phenoxy) is 1. The van der Waals surface area contributed by atoms with E-state index in [1.54, 1.807) is 12.1 Å². The molecule has 6 nitrogen and oxygen atoms in total. The maximum atomic E-state index is 12.3. The first-order valence-corrected chi connectivity index (χ1v) is 8.61. The lowest BCUT2D eigenvalue weighted by atomic mass is 9.88. The Morgan fingerprint density at radius 1 is 1.29 bits per heavy atom. The molecule has 2 aliphatic heterocycles. The Hall–Kier alpha value is -2.02. The largest absolute Gasteiger partial charge is 0.486 e. The molecule has 2 aliphatic rings. The first kappa shape index (κ1) is 16.8. The van der Waals surface area contributed by atoms with Crippen LogP contribution < -0.4 is 4.74 Å². The molecule has 0 saturated carbocycles. The zero-order valence-electron chi connectivity index (χ0n) is 13.5. The van der Waals surface area contributed by atoms with Gasteiger partial charge in [0.15, 0.2) is 5.78 Å². The Kier molecular flexibility index (Phi) is 4.29. The van der Waals surface area contributed by atoms with Crippen LogP contribution in [0.4, 0.5) is 0 Å². The number of aliphatic carboxylic acids is 1. The van der Waals surface area contributed by atoms with E-state index in [1.807, 2.05) is 32.0 Å². The SMILES string of the molecule is CC1(C)SC2C(CC(=O)COc3ccccc3)C(=O)N2[C@H]1C(=O)O. The fourth-order valence-corrected chi connectivity index (χ4v) is 4.95. The quantitative estimate of drug-likeness (QED) is 0.788. The highest BCUT2D eigenvalue weighted by Gasteiger charge is 2.63. The number of rotatable bonds is 6. The van der Waals surface area contributed by atoms with Gasteiger partial charge < -0.3 is 14.7 Å². The molecule has 1 aromatic rings. The van der Waals surface area contributed by atoms with E-state index in [2.05, 4.69) is 0 Å². The maximum Gasteiger partial charge on any atom is 0.327 e. The Balaban J connectivity index is 1.59. The minimum absolute atomic E-state index is 0.0856. The van der Waals surface area contributed by atoms with E-state index in [0.29, 0.717) is 5.75 Å². The van der Waals surface area contributed by atoms with Gasteiger partial charge in [-0.1, -0.05) is 18.2 Å². The van der Waals surface area contributed by atoms with E-state index >= 15 is 0 Å². The van der Waals surface area contributed by atoms with Crippen molar-refractivity contribution in [1.82, 2.24) is 4.90 Å². The van der Waals surface area contributed by atoms with Crippen molar-refractivity contribution in [2.24, 2.45) is 5.92 Å². The van der Waals surface area contributed by atoms with E-state index in [9.17, 15) is 19.5 Å². The van der Waals surface area contributed by atoms with Crippen LogP contribution in [0.15, 0.2) is 30.3 Å². The van der Waals surface area contributed by atoms with Crippen LogP contribution in [0.5, 0.6) is 5.75 Å². The van der Waals surface area contributed by atoms with Crippen molar-refractivity contribution < 1.29 is 24.2 Å². The molecule has 1 amide bonds. The highest BCUT2D eigenvalue weighted by Crippen LogP contribution is 2.54. The van der Waals surface area contributed by atoms with Gasteiger partial charge in [-0.15, -0.1) is 11.8 Å². The predicted molar refractivity (Wildman–Crippen MR) is 88.8 cm³/mol. The van der Waals surface area contributed by atoms with Crippen molar-refractivity contribution in [1.29, 1.82) is 0 Å². The van der Waals surface area contributed by atoms with Gasteiger partial charge in [0, 0.05) is 11.2 Å². The van der Waals surface area contributed by atoms with Gasteiger partial charge in [-0.05, 0) is 26.0 Å². The summed E-state index contributed by atoms with van der Waals surface area (Å²) in [4.78, 5) is 37.3. The number of ketones is 1. The molecule has 2 fully saturated rings. The van der Waals surface area contributed by atoms with Crippen LogP contribution in [0.1, 0.15) is 20.3 Å². The molecule has 2 heterocycles. The van der Waals surface area contributed by atoms with E-state index in [-0.39, 0.29) is 30.1 Å². The summed E-state index contributed by atoms with van der Waals surface area (Å²) in [7, 11) is 0. The molecule has 0 aliphatic carbocycles. The number of benzene rings is 1. The smallest absolute Gasteiger partial charge is 0.327 e. The molecule has 1 N–H and O–H groups in total. The number of carboxylic acid groups (broad SMARTS) is 1. The summed E-state index contributed by atoms with van der Waals surface area (Å²) < 4.78 is 4.84. The second-order valence-corrected chi connectivity index (χ2v) is 8.32. The molecule has 7 heteroatoms. The van der Waals surface area contributed by atoms with Crippen LogP contribution in [0, 0.1) is 5.92 Å². The standard InChI is InChI=1S/C17H19NO5S/c1-17(2)13(16(21)22)18-14(20)12(15(18)24-17)8-10(19)9-23-11-6-4-3-5-7-11/h3-7,12-13,15H,8-9H2,1-2H3,(H,21,22)/t12?,13-,15?/m0/s1. The lowest BCUT2D eigenvalue weighted by molar-refractivity contribution is -0.164. The highest BCUT2D eigenvalue weighted by atomic mass is 32.2. The second kappa shape index (κ2) is 6.12.